The number of nitrogens with zero attached hydrogens (tertiary/aromatic N) is 9. The Morgan fingerprint density at radius 2 is 1.08 bits per heavy atom. The number of likely N-dealkylation sites (tertiary alicyclic amines) is 1. The monoisotopic (exact) mass is 1340 g/mol. The van der Waals surface area contributed by atoms with E-state index in [0.717, 1.165) is 88.8 Å². The molecular weight excluding hydrogens is 1270 g/mol. The van der Waals surface area contributed by atoms with E-state index in [4.69, 9.17) is 5.11 Å². The number of halogens is 3. The topological polar surface area (TPSA) is 232 Å². The predicted molar refractivity (Wildman–Crippen MR) is 368 cm³/mol. The molecule has 0 saturated carbocycles. The van der Waals surface area contributed by atoms with Crippen LogP contribution in [0.15, 0.2) is 146 Å². The molecule has 0 spiro atoms. The summed E-state index contributed by atoms with van der Waals surface area (Å²) in [6, 6.07) is 34.4. The first-order valence-corrected chi connectivity index (χ1v) is 31.5. The molecule has 488 valence electrons. The number of rotatable bonds is 20. The number of carboxylic acid groups (broad SMARTS) is 1. The van der Waals surface area contributed by atoms with Crippen molar-refractivity contribution in [1.29, 1.82) is 0 Å². The summed E-state index contributed by atoms with van der Waals surface area (Å²) in [5.41, 5.74) is 11.7. The van der Waals surface area contributed by atoms with Crippen LogP contribution >= 0.6 is 25.9 Å². The minimum absolute atomic E-state index is 0. The van der Waals surface area contributed by atoms with Gasteiger partial charge in [0.05, 0.1) is 24.0 Å². The Kier molecular flexibility index (Phi) is 26.0. The van der Waals surface area contributed by atoms with Crippen molar-refractivity contribution < 1.29 is 42.7 Å². The lowest BCUT2D eigenvalue weighted by atomic mass is 10.0. The van der Waals surface area contributed by atoms with Gasteiger partial charge in [0.2, 0.25) is 17.7 Å². The average molecular weight is 1340 g/mol. The maximum Gasteiger partial charge on any atom is 0.323 e. The fraction of sp³-hybridized carbons (Fsp3) is 0.324. The highest BCUT2D eigenvalue weighted by atomic mass is 35.5. The molecule has 3 amide bonds. The number of amides is 3. The van der Waals surface area contributed by atoms with Gasteiger partial charge in [-0.3, -0.25) is 28.8 Å². The number of ketones is 2. The number of aryl methyl sites for hydroxylation is 4. The minimum Gasteiger partial charge on any atom is -0.480 e. The Morgan fingerprint density at radius 1 is 0.602 bits per heavy atom. The Labute approximate surface area is 560 Å². The molecule has 12 rings (SSSR count). The van der Waals surface area contributed by atoms with Gasteiger partial charge in [0.25, 0.3) is 0 Å². The first-order chi connectivity index (χ1) is 43.9. The van der Waals surface area contributed by atoms with Crippen LogP contribution in [0.3, 0.4) is 0 Å². The number of hydrogen-bond acceptors (Lipinski definition) is 13. The number of nitrogens with one attached hydrogen (secondary N) is 3. The molecule has 4 aromatic carbocycles. The molecule has 0 radical (unpaired) electrons. The minimum atomic E-state index is -1.27. The summed E-state index contributed by atoms with van der Waals surface area (Å²) in [6.07, 6.45) is 14.4. The number of carbonyl (C=O) groups is 6. The van der Waals surface area contributed by atoms with Gasteiger partial charge in [-0.1, -0.05) is 72.8 Å². The Morgan fingerprint density at radius 3 is 1.53 bits per heavy atom. The highest BCUT2D eigenvalue weighted by Gasteiger charge is 2.40. The number of unbranched alkanes of at least 4 members (excludes halogenated alkanes) is 2. The van der Waals surface area contributed by atoms with Crippen molar-refractivity contribution in [3.63, 3.8) is 0 Å². The van der Waals surface area contributed by atoms with E-state index < -0.39 is 24.4 Å². The molecule has 2 aliphatic heterocycles. The summed E-state index contributed by atoms with van der Waals surface area (Å²) >= 11 is 7.33. The number of carbonyl (C=O) groups excluding carboxylic acids is 5. The highest BCUT2D eigenvalue weighted by Crippen LogP contribution is 2.31. The number of hydrogen-bond donors (Lipinski definition) is 4. The fourth-order valence-corrected chi connectivity index (χ4v) is 11.5. The van der Waals surface area contributed by atoms with Gasteiger partial charge in [-0.15, -0.1) is 12.4 Å². The second-order valence-corrected chi connectivity index (χ2v) is 22.8. The zero-order valence-corrected chi connectivity index (χ0v) is 55.4. The van der Waals surface area contributed by atoms with E-state index in [9.17, 15) is 37.5 Å². The van der Waals surface area contributed by atoms with Gasteiger partial charge >= 0.3 is 5.97 Å². The summed E-state index contributed by atoms with van der Waals surface area (Å²) in [6.45, 7) is 7.78. The van der Waals surface area contributed by atoms with E-state index in [2.05, 4.69) is 82.8 Å². The smallest absolute Gasteiger partial charge is 0.323 e. The van der Waals surface area contributed by atoms with E-state index in [1.165, 1.54) is 29.9 Å². The van der Waals surface area contributed by atoms with Gasteiger partial charge in [0, 0.05) is 148 Å². The summed E-state index contributed by atoms with van der Waals surface area (Å²) in [7, 11) is 0. The third kappa shape index (κ3) is 18.6. The molecule has 6 aromatic heterocycles. The molecular formula is C68H75ClF2N12O7S3. The Balaban J connectivity index is 0.000000212. The van der Waals surface area contributed by atoms with E-state index in [0.29, 0.717) is 53.6 Å². The average Bonchev–Trinajstić information content (AvgIpc) is 1.66. The molecule has 2 fully saturated rings. The first kappa shape index (κ1) is 71.8. The number of aliphatic carboxylic acids is 1. The van der Waals surface area contributed by atoms with Crippen LogP contribution in [-0.4, -0.2) is 134 Å². The van der Waals surface area contributed by atoms with Crippen molar-refractivity contribution in [3.05, 3.63) is 180 Å². The molecule has 10 aromatic rings. The lowest BCUT2D eigenvalue weighted by Crippen LogP contribution is -2.47. The molecule has 4 N–H and O–H groups in total. The van der Waals surface area contributed by atoms with Gasteiger partial charge in [0.1, 0.15) is 31.5 Å². The van der Waals surface area contributed by atoms with Crippen LogP contribution in [0.5, 0.6) is 0 Å². The van der Waals surface area contributed by atoms with Crippen molar-refractivity contribution in [1.82, 2.24) is 59.2 Å². The molecule has 4 atom stereocenters. The fourth-order valence-electron chi connectivity index (χ4n) is 11.5. The summed E-state index contributed by atoms with van der Waals surface area (Å²) in [4.78, 5) is 84.1. The Hall–Kier alpha value is -8.68. The molecule has 2 aliphatic rings. The molecule has 8 heterocycles. The van der Waals surface area contributed by atoms with E-state index >= 15 is 0 Å². The molecule has 2 saturated heterocycles. The third-order valence-corrected chi connectivity index (χ3v) is 16.0. The van der Waals surface area contributed by atoms with Crippen LogP contribution in [-0.2, 0) is 67.5 Å². The SMILES string of the molecule is CC(=O)c1cn(CC(=O)N2C[C@H](F)C[C@H]2C(=O)NCCCCc2ccccc2)c2ccc(-c3cnc4cc(C)nn4c3)cc12.CC(=O)c1cn(CC(=O)O)c2ccc(-c3cnc4cc(C)nn4c3)cc12.Cl.O=C(NCCCCc1ccccc1)[C@@H]1C[C@@H](F)CN1.S.S=S. The number of fused-ring (bicyclic) bond motifs is 4. The molecule has 0 aliphatic carbocycles. The van der Waals surface area contributed by atoms with Crippen LogP contribution < -0.4 is 16.0 Å². The van der Waals surface area contributed by atoms with Crippen molar-refractivity contribution in [3.8, 4) is 22.3 Å². The molecule has 25 heteroatoms. The van der Waals surface area contributed by atoms with Crippen LogP contribution in [0.2, 0.25) is 0 Å². The number of Topliss-reactive ketones (excluding diaryl/α,β-unsaturated/α-hetero) is 2. The summed E-state index contributed by atoms with van der Waals surface area (Å²) < 4.78 is 34.2. The quantitative estimate of drug-likeness (QED) is 0.0411. The summed E-state index contributed by atoms with van der Waals surface area (Å²) in [5, 5.41) is 28.0. The largest absolute Gasteiger partial charge is 0.480 e. The third-order valence-electron chi connectivity index (χ3n) is 16.0. The van der Waals surface area contributed by atoms with E-state index in [1.807, 2.05) is 111 Å². The van der Waals surface area contributed by atoms with E-state index in [-0.39, 0.29) is 87.3 Å². The van der Waals surface area contributed by atoms with Crippen molar-refractivity contribution in [2.45, 2.75) is 117 Å². The Bertz CT molecular complexity index is 4240. The molecule has 19 nitrogen and oxygen atoms in total. The molecule has 0 bridgehead atoms. The maximum atomic E-state index is 14.5. The first-order valence-electron chi connectivity index (χ1n) is 30.2. The van der Waals surface area contributed by atoms with E-state index in [1.54, 1.807) is 43.0 Å². The standard InChI is InChI=1S/C34H35FN6O3.C19H16N4O3.C15H21FN2O.ClH.S2.H2S/c1-22-14-32-37-17-26(18-41(32)38-22)25-11-12-30-28(15-25)29(23(2)42)20-39(30)21-33(43)40-19-27(35)16-31(40)34(44)36-13-7-6-10-24-8-4-3-5-9-24;1-11-5-18-20-7-14(8-23(18)21-11)13-3-4-17-15(6-13)16(12(2)24)9-22(17)10-19(25)26;16-13-10-14(18-11-13)15(19)17-9-5-4-8-12-6-2-1-3-7-12;;1-2;/h3-5,8-9,11-12,14-15,17-18,20,27,31H,6-7,10,13,16,19,21H2,1-2H3,(H,36,44);3-9H,10H2,1-2H3,(H,25,26);1-3,6-7,13-14,18H,4-5,8-11H2,(H,17,19);1H;;1H2/t27-,31+;;13-,14+;;;/m1.1.../s1. The van der Waals surface area contributed by atoms with Crippen molar-refractivity contribution in [2.24, 2.45) is 0 Å². The number of carboxylic acids is 1. The second kappa shape index (κ2) is 33.8. The van der Waals surface area contributed by atoms with Crippen LogP contribution in [0, 0.1) is 13.8 Å². The second-order valence-electron chi connectivity index (χ2n) is 22.8. The zero-order chi connectivity index (χ0) is 64.7. The van der Waals surface area contributed by atoms with Gasteiger partial charge in [-0.2, -0.15) is 23.7 Å². The van der Waals surface area contributed by atoms with Gasteiger partial charge in [0.15, 0.2) is 22.9 Å². The lowest BCUT2D eigenvalue weighted by molar-refractivity contribution is -0.138. The van der Waals surface area contributed by atoms with Gasteiger partial charge < -0.3 is 35.1 Å². The molecule has 0 unspecified atom stereocenters. The number of alkyl halides is 2. The predicted octanol–water partition coefficient (Wildman–Crippen LogP) is 10.2. The highest BCUT2D eigenvalue weighted by molar-refractivity contribution is 8.07. The summed E-state index contributed by atoms with van der Waals surface area (Å²) in [5.74, 6) is -1.96. The van der Waals surface area contributed by atoms with Crippen molar-refractivity contribution in [2.75, 3.05) is 26.2 Å². The zero-order valence-electron chi connectivity index (χ0n) is 52.0. The normalized spacial score (nSPS) is 15.6. The number of benzene rings is 4. The van der Waals surface area contributed by atoms with Gasteiger partial charge in [-0.25, -0.2) is 27.8 Å². The van der Waals surface area contributed by atoms with Crippen LogP contribution in [0.4, 0.5) is 8.78 Å². The lowest BCUT2D eigenvalue weighted by Gasteiger charge is -2.24. The van der Waals surface area contributed by atoms with Gasteiger partial charge in [-0.05, 0) is 113 Å². The van der Waals surface area contributed by atoms with Crippen LogP contribution in [0.1, 0.15) is 95.6 Å². The van der Waals surface area contributed by atoms with Crippen molar-refractivity contribution >= 4 is 117 Å². The van der Waals surface area contributed by atoms with Crippen LogP contribution in [0.25, 0.3) is 55.4 Å². The molecule has 93 heavy (non-hydrogen) atoms. The maximum absolute atomic E-state index is 14.5. The number of aromatic nitrogens is 8.